The first-order valence-corrected chi connectivity index (χ1v) is 8.65. The van der Waals surface area contributed by atoms with Crippen molar-refractivity contribution < 1.29 is 4.79 Å². The lowest BCUT2D eigenvalue weighted by molar-refractivity contribution is 0.0928. The van der Waals surface area contributed by atoms with Gasteiger partial charge in [0.25, 0.3) is 5.91 Å². The molecule has 2 N–H and O–H groups in total. The van der Waals surface area contributed by atoms with Gasteiger partial charge in [0, 0.05) is 29.4 Å². The summed E-state index contributed by atoms with van der Waals surface area (Å²) in [5.41, 5.74) is 3.83. The van der Waals surface area contributed by atoms with E-state index < -0.39 is 0 Å². The number of aromatic amines is 1. The van der Waals surface area contributed by atoms with Crippen LogP contribution in [0, 0.1) is 0 Å². The molecular weight excluding hydrogens is 298 g/mol. The Morgan fingerprint density at radius 1 is 1.04 bits per heavy atom. The molecule has 0 atom stereocenters. The van der Waals surface area contributed by atoms with E-state index in [-0.39, 0.29) is 5.91 Å². The van der Waals surface area contributed by atoms with E-state index in [4.69, 9.17) is 0 Å². The van der Waals surface area contributed by atoms with Gasteiger partial charge in [0.15, 0.2) is 0 Å². The van der Waals surface area contributed by atoms with E-state index in [0.717, 1.165) is 40.6 Å². The van der Waals surface area contributed by atoms with E-state index in [0.29, 0.717) is 6.04 Å². The number of amides is 1. The van der Waals surface area contributed by atoms with Crippen molar-refractivity contribution in [3.8, 4) is 11.1 Å². The van der Waals surface area contributed by atoms with Crippen molar-refractivity contribution in [2.75, 3.05) is 0 Å². The fourth-order valence-electron chi connectivity index (χ4n) is 3.53. The van der Waals surface area contributed by atoms with Gasteiger partial charge in [-0.05, 0) is 48.2 Å². The summed E-state index contributed by atoms with van der Waals surface area (Å²) in [6, 6.07) is 12.2. The number of aromatic nitrogens is 2. The maximum atomic E-state index is 12.4. The average molecular weight is 319 g/mol. The highest BCUT2D eigenvalue weighted by Crippen LogP contribution is 2.27. The molecule has 4 rings (SSSR count). The van der Waals surface area contributed by atoms with E-state index in [1.54, 1.807) is 6.20 Å². The molecule has 2 heterocycles. The minimum atomic E-state index is 0.0370. The number of rotatable bonds is 3. The minimum absolute atomic E-state index is 0.0370. The second-order valence-electron chi connectivity index (χ2n) is 6.48. The standard InChI is InChI=1S/C20H21N3O/c24-20(23-16-4-2-1-3-5-16)15-8-6-14(7-9-15)17-10-12-21-19-18(17)11-13-22-19/h6-13,16H,1-5H2,(H,21,22)(H,23,24). The third kappa shape index (κ3) is 2.92. The average Bonchev–Trinajstić information content (AvgIpc) is 3.11. The number of hydrogen-bond donors (Lipinski definition) is 2. The Kier molecular flexibility index (Phi) is 4.03. The minimum Gasteiger partial charge on any atom is -0.349 e. The number of fused-ring (bicyclic) bond motifs is 1. The molecule has 0 unspecified atom stereocenters. The van der Waals surface area contributed by atoms with Crippen LogP contribution in [0.15, 0.2) is 48.8 Å². The molecule has 4 heteroatoms. The molecule has 1 amide bonds. The zero-order valence-electron chi connectivity index (χ0n) is 13.6. The van der Waals surface area contributed by atoms with E-state index in [1.807, 2.05) is 42.6 Å². The number of pyridine rings is 1. The molecule has 0 spiro atoms. The smallest absolute Gasteiger partial charge is 0.251 e. The Morgan fingerprint density at radius 3 is 2.62 bits per heavy atom. The van der Waals surface area contributed by atoms with Gasteiger partial charge in [-0.25, -0.2) is 4.98 Å². The van der Waals surface area contributed by atoms with Crippen molar-refractivity contribution in [3.05, 3.63) is 54.4 Å². The molecule has 122 valence electrons. The monoisotopic (exact) mass is 319 g/mol. The first-order chi connectivity index (χ1) is 11.8. The van der Waals surface area contributed by atoms with Crippen molar-refractivity contribution in [1.29, 1.82) is 0 Å². The number of H-pyrrole nitrogens is 1. The molecule has 1 aliphatic carbocycles. The summed E-state index contributed by atoms with van der Waals surface area (Å²) in [6.07, 6.45) is 9.64. The number of nitrogens with one attached hydrogen (secondary N) is 2. The topological polar surface area (TPSA) is 57.8 Å². The molecule has 0 aliphatic heterocycles. The Morgan fingerprint density at radius 2 is 1.83 bits per heavy atom. The van der Waals surface area contributed by atoms with Crippen LogP contribution in [-0.2, 0) is 0 Å². The van der Waals surface area contributed by atoms with Crippen molar-refractivity contribution >= 4 is 16.9 Å². The highest BCUT2D eigenvalue weighted by molar-refractivity contribution is 5.96. The van der Waals surface area contributed by atoms with Gasteiger partial charge >= 0.3 is 0 Å². The third-order valence-electron chi connectivity index (χ3n) is 4.86. The summed E-state index contributed by atoms with van der Waals surface area (Å²) in [5.74, 6) is 0.0370. The molecule has 24 heavy (non-hydrogen) atoms. The van der Waals surface area contributed by atoms with E-state index >= 15 is 0 Å². The predicted octanol–water partition coefficient (Wildman–Crippen LogP) is 4.29. The lowest BCUT2D eigenvalue weighted by Gasteiger charge is -2.22. The van der Waals surface area contributed by atoms with Gasteiger partial charge in [-0.15, -0.1) is 0 Å². The van der Waals surface area contributed by atoms with Crippen molar-refractivity contribution in [1.82, 2.24) is 15.3 Å². The van der Waals surface area contributed by atoms with Crippen LogP contribution in [0.2, 0.25) is 0 Å². The van der Waals surface area contributed by atoms with Gasteiger partial charge in [0.1, 0.15) is 5.65 Å². The van der Waals surface area contributed by atoms with Crippen LogP contribution < -0.4 is 5.32 Å². The second-order valence-corrected chi connectivity index (χ2v) is 6.48. The fraction of sp³-hybridized carbons (Fsp3) is 0.300. The van der Waals surface area contributed by atoms with E-state index in [2.05, 4.69) is 15.3 Å². The van der Waals surface area contributed by atoms with Crippen molar-refractivity contribution in [2.45, 2.75) is 38.1 Å². The Labute approximate surface area is 141 Å². The van der Waals surface area contributed by atoms with Gasteiger partial charge in [0.2, 0.25) is 0 Å². The third-order valence-corrected chi connectivity index (χ3v) is 4.86. The Balaban J connectivity index is 1.54. The molecule has 0 saturated heterocycles. The molecule has 1 aliphatic rings. The molecule has 1 fully saturated rings. The summed E-state index contributed by atoms with van der Waals surface area (Å²) >= 11 is 0. The number of nitrogens with zero attached hydrogens (tertiary/aromatic N) is 1. The summed E-state index contributed by atoms with van der Waals surface area (Å²) in [6.45, 7) is 0. The highest BCUT2D eigenvalue weighted by atomic mass is 16.1. The molecule has 1 saturated carbocycles. The number of benzene rings is 1. The molecule has 0 bridgehead atoms. The number of hydrogen-bond acceptors (Lipinski definition) is 2. The Bertz CT molecular complexity index is 845. The number of carbonyl (C=O) groups is 1. The number of carbonyl (C=O) groups excluding carboxylic acids is 1. The van der Waals surface area contributed by atoms with Crippen LogP contribution in [0.25, 0.3) is 22.2 Å². The zero-order chi connectivity index (χ0) is 16.4. The van der Waals surface area contributed by atoms with Crippen LogP contribution in [0.1, 0.15) is 42.5 Å². The van der Waals surface area contributed by atoms with Gasteiger partial charge < -0.3 is 10.3 Å². The summed E-state index contributed by atoms with van der Waals surface area (Å²) in [7, 11) is 0. The normalized spacial score (nSPS) is 15.5. The van der Waals surface area contributed by atoms with Gasteiger partial charge in [0.05, 0.1) is 0 Å². The fourth-order valence-corrected chi connectivity index (χ4v) is 3.53. The van der Waals surface area contributed by atoms with Crippen LogP contribution in [0.3, 0.4) is 0 Å². The summed E-state index contributed by atoms with van der Waals surface area (Å²) in [5, 5.41) is 4.26. The quantitative estimate of drug-likeness (QED) is 0.756. The Hall–Kier alpha value is -2.62. The second kappa shape index (κ2) is 6.48. The van der Waals surface area contributed by atoms with Gasteiger partial charge in [-0.2, -0.15) is 0 Å². The molecular formula is C20H21N3O. The van der Waals surface area contributed by atoms with Crippen LogP contribution in [-0.4, -0.2) is 21.9 Å². The molecule has 3 aromatic rings. The summed E-state index contributed by atoms with van der Waals surface area (Å²) < 4.78 is 0. The van der Waals surface area contributed by atoms with Crippen LogP contribution >= 0.6 is 0 Å². The lowest BCUT2D eigenvalue weighted by atomic mass is 9.95. The lowest BCUT2D eigenvalue weighted by Crippen LogP contribution is -2.36. The van der Waals surface area contributed by atoms with Crippen LogP contribution in [0.4, 0.5) is 0 Å². The molecule has 1 aromatic carbocycles. The van der Waals surface area contributed by atoms with Gasteiger partial charge in [-0.3, -0.25) is 4.79 Å². The first-order valence-electron chi connectivity index (χ1n) is 8.65. The highest BCUT2D eigenvalue weighted by Gasteiger charge is 2.16. The van der Waals surface area contributed by atoms with Crippen molar-refractivity contribution in [3.63, 3.8) is 0 Å². The maximum absolute atomic E-state index is 12.4. The largest absolute Gasteiger partial charge is 0.349 e. The van der Waals surface area contributed by atoms with Gasteiger partial charge in [-0.1, -0.05) is 31.4 Å². The molecule has 2 aromatic heterocycles. The van der Waals surface area contributed by atoms with E-state index in [1.165, 1.54) is 19.3 Å². The summed E-state index contributed by atoms with van der Waals surface area (Å²) in [4.78, 5) is 19.9. The van der Waals surface area contributed by atoms with E-state index in [9.17, 15) is 4.79 Å². The van der Waals surface area contributed by atoms with Crippen molar-refractivity contribution in [2.24, 2.45) is 0 Å². The maximum Gasteiger partial charge on any atom is 0.251 e. The zero-order valence-corrected chi connectivity index (χ0v) is 13.6. The predicted molar refractivity (Wildman–Crippen MR) is 95.9 cm³/mol. The first kappa shape index (κ1) is 14.9. The van der Waals surface area contributed by atoms with Crippen LogP contribution in [0.5, 0.6) is 0 Å². The SMILES string of the molecule is O=C(NC1CCCCC1)c1ccc(-c2ccnc3[nH]ccc23)cc1. The molecule has 4 nitrogen and oxygen atoms in total. The molecule has 0 radical (unpaired) electrons.